The Morgan fingerprint density at radius 3 is 2.16 bits per heavy atom. The predicted molar refractivity (Wildman–Crippen MR) is 121 cm³/mol. The Balaban J connectivity index is 1.37. The molecule has 0 unspecified atom stereocenters. The van der Waals surface area contributed by atoms with Gasteiger partial charge in [-0.3, -0.25) is 19.2 Å². The molecule has 156 valence electrons. The smallest absolute Gasteiger partial charge is 0.266 e. The summed E-state index contributed by atoms with van der Waals surface area (Å²) in [5, 5.41) is 3.25. The third kappa shape index (κ3) is 3.16. The Morgan fingerprint density at radius 2 is 1.50 bits per heavy atom. The van der Waals surface area contributed by atoms with Gasteiger partial charge in [0.15, 0.2) is 5.43 Å². The normalized spacial score (nSPS) is 12.8. The molecule has 0 saturated heterocycles. The Labute approximate surface area is 182 Å². The van der Waals surface area contributed by atoms with E-state index in [0.29, 0.717) is 39.0 Å². The van der Waals surface area contributed by atoms with Gasteiger partial charge in [-0.05, 0) is 61.5 Å². The van der Waals surface area contributed by atoms with Crippen molar-refractivity contribution in [1.82, 2.24) is 4.98 Å². The molecule has 32 heavy (non-hydrogen) atoms. The van der Waals surface area contributed by atoms with Crippen molar-refractivity contribution in [1.29, 1.82) is 0 Å². The minimum Gasteiger partial charge on any atom is -0.358 e. The average Bonchev–Trinajstić information content (AvgIpc) is 3.04. The standard InChI is InChI=1S/C25H17N3O4/c1-14-12-22(29)20-13-16(8-11-21(20)26-14)27-23(30)15-6-9-17(10-7-15)28-24(31)18-4-2-3-5-19(18)25(28)32/h2-13H,1H3,(H,26,29)(H,27,30). The molecule has 2 N–H and O–H groups in total. The second-order valence-corrected chi connectivity index (χ2v) is 7.57. The number of hydrogen-bond acceptors (Lipinski definition) is 4. The van der Waals surface area contributed by atoms with Gasteiger partial charge in [0.1, 0.15) is 0 Å². The number of pyridine rings is 1. The number of rotatable bonds is 3. The summed E-state index contributed by atoms with van der Waals surface area (Å²) in [6.07, 6.45) is 0. The zero-order valence-electron chi connectivity index (χ0n) is 17.0. The van der Waals surface area contributed by atoms with Gasteiger partial charge in [-0.25, -0.2) is 4.90 Å². The maximum absolute atomic E-state index is 12.7. The molecule has 3 amide bonds. The fourth-order valence-corrected chi connectivity index (χ4v) is 3.85. The lowest BCUT2D eigenvalue weighted by molar-refractivity contribution is 0.0925. The maximum Gasteiger partial charge on any atom is 0.266 e. The molecule has 1 aliphatic rings. The third-order valence-electron chi connectivity index (χ3n) is 5.40. The Hall–Kier alpha value is -4.52. The molecule has 0 bridgehead atoms. The monoisotopic (exact) mass is 423 g/mol. The van der Waals surface area contributed by atoms with Crippen LogP contribution in [0.4, 0.5) is 11.4 Å². The first kappa shape index (κ1) is 19.4. The number of amides is 3. The van der Waals surface area contributed by atoms with Crippen LogP contribution in [0.5, 0.6) is 0 Å². The maximum atomic E-state index is 12.7. The molecule has 4 aromatic rings. The quantitative estimate of drug-likeness (QED) is 0.488. The number of carbonyl (C=O) groups excluding carboxylic acids is 3. The van der Waals surface area contributed by atoms with Crippen molar-refractivity contribution < 1.29 is 14.4 Å². The molecule has 7 nitrogen and oxygen atoms in total. The minimum absolute atomic E-state index is 0.127. The fraction of sp³-hybridized carbons (Fsp3) is 0.0400. The van der Waals surface area contributed by atoms with Gasteiger partial charge in [-0.15, -0.1) is 0 Å². The molecule has 0 fully saturated rings. The number of H-pyrrole nitrogens is 1. The molecule has 2 heterocycles. The number of aromatic amines is 1. The van der Waals surface area contributed by atoms with Gasteiger partial charge in [0.25, 0.3) is 17.7 Å². The Bertz CT molecular complexity index is 1450. The van der Waals surface area contributed by atoms with Gasteiger partial charge in [0.2, 0.25) is 0 Å². The first-order valence-electron chi connectivity index (χ1n) is 9.95. The van der Waals surface area contributed by atoms with Crippen molar-refractivity contribution in [2.45, 2.75) is 6.92 Å². The van der Waals surface area contributed by atoms with E-state index in [2.05, 4.69) is 10.3 Å². The number of nitrogens with zero attached hydrogens (tertiary/aromatic N) is 1. The zero-order valence-corrected chi connectivity index (χ0v) is 17.0. The number of nitrogens with one attached hydrogen (secondary N) is 2. The first-order chi connectivity index (χ1) is 15.4. The molecular formula is C25H17N3O4. The van der Waals surface area contributed by atoms with Crippen LogP contribution in [0.2, 0.25) is 0 Å². The highest BCUT2D eigenvalue weighted by Crippen LogP contribution is 2.28. The van der Waals surface area contributed by atoms with Crippen LogP contribution in [0.1, 0.15) is 36.8 Å². The molecule has 0 atom stereocenters. The number of imide groups is 1. The topological polar surface area (TPSA) is 99.3 Å². The number of carbonyl (C=O) groups is 3. The van der Waals surface area contributed by atoms with Gasteiger partial charge in [0.05, 0.1) is 16.8 Å². The van der Waals surface area contributed by atoms with Crippen LogP contribution in [0.3, 0.4) is 0 Å². The summed E-state index contributed by atoms with van der Waals surface area (Å²) in [6, 6.07) is 19.5. The van der Waals surface area contributed by atoms with Crippen LogP contribution in [-0.4, -0.2) is 22.7 Å². The number of fused-ring (bicyclic) bond motifs is 2. The van der Waals surface area contributed by atoms with E-state index in [1.807, 2.05) is 6.92 Å². The predicted octanol–water partition coefficient (Wildman–Crippen LogP) is 3.89. The van der Waals surface area contributed by atoms with Crippen molar-refractivity contribution in [3.05, 3.63) is 105 Å². The van der Waals surface area contributed by atoms with E-state index in [1.54, 1.807) is 66.7 Å². The van der Waals surface area contributed by atoms with Crippen molar-refractivity contribution in [3.63, 3.8) is 0 Å². The van der Waals surface area contributed by atoms with Crippen LogP contribution in [-0.2, 0) is 0 Å². The van der Waals surface area contributed by atoms with E-state index in [9.17, 15) is 19.2 Å². The molecule has 5 rings (SSSR count). The highest BCUT2D eigenvalue weighted by atomic mass is 16.2. The SMILES string of the molecule is Cc1cc(=O)c2cc(NC(=O)c3ccc(N4C(=O)c5ccccc5C4=O)cc3)ccc2[nH]1. The number of aromatic nitrogens is 1. The highest BCUT2D eigenvalue weighted by molar-refractivity contribution is 6.34. The van der Waals surface area contributed by atoms with E-state index >= 15 is 0 Å². The lowest BCUT2D eigenvalue weighted by Crippen LogP contribution is -2.29. The summed E-state index contributed by atoms with van der Waals surface area (Å²) in [5.74, 6) is -1.15. The minimum atomic E-state index is -0.389. The van der Waals surface area contributed by atoms with Crippen LogP contribution in [0.15, 0.2) is 77.6 Å². The summed E-state index contributed by atoms with van der Waals surface area (Å²) in [4.78, 5) is 54.4. The summed E-state index contributed by atoms with van der Waals surface area (Å²) in [5.41, 5.74) is 3.28. The third-order valence-corrected chi connectivity index (χ3v) is 5.40. The second-order valence-electron chi connectivity index (χ2n) is 7.57. The summed E-state index contributed by atoms with van der Waals surface area (Å²) < 4.78 is 0. The largest absolute Gasteiger partial charge is 0.358 e. The van der Waals surface area contributed by atoms with Crippen LogP contribution in [0, 0.1) is 6.92 Å². The molecule has 0 spiro atoms. The van der Waals surface area contributed by atoms with Crippen molar-refractivity contribution in [2.75, 3.05) is 10.2 Å². The van der Waals surface area contributed by atoms with Crippen LogP contribution in [0.25, 0.3) is 10.9 Å². The van der Waals surface area contributed by atoms with E-state index in [1.165, 1.54) is 6.07 Å². The first-order valence-corrected chi connectivity index (χ1v) is 9.95. The van der Waals surface area contributed by atoms with Crippen LogP contribution < -0.4 is 15.6 Å². The molecular weight excluding hydrogens is 406 g/mol. The van der Waals surface area contributed by atoms with Crippen LogP contribution >= 0.6 is 0 Å². The van der Waals surface area contributed by atoms with Crippen molar-refractivity contribution in [2.24, 2.45) is 0 Å². The molecule has 0 aliphatic carbocycles. The molecule has 1 aliphatic heterocycles. The molecule has 1 aromatic heterocycles. The zero-order chi connectivity index (χ0) is 22.4. The van der Waals surface area contributed by atoms with E-state index in [4.69, 9.17) is 0 Å². The molecule has 0 radical (unpaired) electrons. The molecule has 0 saturated carbocycles. The number of aryl methyl sites for hydroxylation is 1. The second kappa shape index (κ2) is 7.31. The number of benzene rings is 3. The number of hydrogen-bond donors (Lipinski definition) is 2. The Kier molecular flexibility index (Phi) is 4.44. The van der Waals surface area contributed by atoms with Gasteiger partial charge in [-0.1, -0.05) is 12.1 Å². The van der Waals surface area contributed by atoms with E-state index in [-0.39, 0.29) is 23.2 Å². The lowest BCUT2D eigenvalue weighted by atomic mass is 10.1. The van der Waals surface area contributed by atoms with Gasteiger partial charge >= 0.3 is 0 Å². The summed E-state index contributed by atoms with van der Waals surface area (Å²) in [7, 11) is 0. The molecule has 7 heteroatoms. The summed E-state index contributed by atoms with van der Waals surface area (Å²) in [6.45, 7) is 1.81. The summed E-state index contributed by atoms with van der Waals surface area (Å²) >= 11 is 0. The number of anilines is 2. The Morgan fingerprint density at radius 1 is 0.844 bits per heavy atom. The van der Waals surface area contributed by atoms with Gasteiger partial charge in [-0.2, -0.15) is 0 Å². The van der Waals surface area contributed by atoms with Crippen molar-refractivity contribution >= 4 is 40.0 Å². The van der Waals surface area contributed by atoms with Gasteiger partial charge < -0.3 is 10.3 Å². The average molecular weight is 423 g/mol. The fourth-order valence-electron chi connectivity index (χ4n) is 3.85. The van der Waals surface area contributed by atoms with E-state index in [0.717, 1.165) is 10.6 Å². The highest BCUT2D eigenvalue weighted by Gasteiger charge is 2.36. The van der Waals surface area contributed by atoms with Gasteiger partial charge in [0, 0.05) is 33.9 Å². The van der Waals surface area contributed by atoms with Crippen molar-refractivity contribution in [3.8, 4) is 0 Å². The lowest BCUT2D eigenvalue weighted by Gasteiger charge is -2.14. The van der Waals surface area contributed by atoms with E-state index < -0.39 is 0 Å². The molecule has 3 aromatic carbocycles.